The molecule has 123 heavy (non-hydrogen) atoms. The van der Waals surface area contributed by atoms with Gasteiger partial charge in [-0.05, 0) is 147 Å². The zero-order valence-corrected chi connectivity index (χ0v) is 68.2. The predicted octanol–water partition coefficient (Wildman–Crippen LogP) is 21.3. The molecule has 0 bridgehead atoms. The van der Waals surface area contributed by atoms with Crippen molar-refractivity contribution in [2.24, 2.45) is 0 Å². The second-order valence-electron chi connectivity index (χ2n) is 28.7. The van der Waals surface area contributed by atoms with Gasteiger partial charge in [0.25, 0.3) is 0 Å². The molecule has 3 N–H and O–H groups in total. The van der Waals surface area contributed by atoms with E-state index in [0.717, 1.165) is 103 Å². The van der Waals surface area contributed by atoms with Crippen LogP contribution < -0.4 is 58.6 Å². The minimum Gasteiger partial charge on any atom is -0.497 e. The second kappa shape index (κ2) is 38.9. The van der Waals surface area contributed by atoms with Crippen LogP contribution in [0.4, 0.5) is 52.7 Å². The summed E-state index contributed by atoms with van der Waals surface area (Å²) < 4.78 is 207. The Labute approximate surface area is 711 Å². The molecule has 0 saturated carbocycles. The fourth-order valence-corrected chi connectivity index (χ4v) is 15.9. The maximum atomic E-state index is 13.4. The summed E-state index contributed by atoms with van der Waals surface area (Å²) in [6.45, 7) is 17.9. The van der Waals surface area contributed by atoms with E-state index in [2.05, 4.69) is 50.5 Å². The number of benzene rings is 9. The van der Waals surface area contributed by atoms with Crippen molar-refractivity contribution in [3.05, 3.63) is 334 Å². The van der Waals surface area contributed by atoms with E-state index in [9.17, 15) is 52.7 Å². The number of alkyl halides is 12. The summed E-state index contributed by atoms with van der Waals surface area (Å²) in [5.74, 6) is 6.29. The Morgan fingerprint density at radius 2 is 0.561 bits per heavy atom. The molecule has 0 radical (unpaired) electrons. The lowest BCUT2D eigenvalue weighted by Gasteiger charge is -2.22. The quantitative estimate of drug-likeness (QED) is 0.0351. The van der Waals surface area contributed by atoms with E-state index in [4.69, 9.17) is 52.6 Å². The summed E-state index contributed by atoms with van der Waals surface area (Å²) in [6, 6.07) is 51.8. The molecule has 640 valence electrons. The number of halogens is 12. The lowest BCUT2D eigenvalue weighted by molar-refractivity contribution is -0.138. The highest BCUT2D eigenvalue weighted by Gasteiger charge is 2.34. The van der Waals surface area contributed by atoms with E-state index in [0.29, 0.717) is 149 Å². The molecule has 0 unspecified atom stereocenters. The number of aromatic nitrogens is 3. The van der Waals surface area contributed by atoms with Crippen molar-refractivity contribution in [2.75, 3.05) is 34.3 Å². The lowest BCUT2D eigenvalue weighted by Crippen LogP contribution is -2.23. The number of hydrogen-bond acceptors (Lipinski definition) is 21. The number of thiazole rings is 3. The first kappa shape index (κ1) is 87.1. The molecule has 18 nitrogen and oxygen atoms in total. The first-order chi connectivity index (χ1) is 59.0. The molecule has 0 amide bonds. The first-order valence-corrected chi connectivity index (χ1v) is 40.8. The molecule has 0 fully saturated rings. The zero-order valence-electron chi connectivity index (χ0n) is 65.8. The van der Waals surface area contributed by atoms with Gasteiger partial charge < -0.3 is 58.6 Å². The molecule has 12 aromatic rings. The molecule has 0 aliphatic carbocycles. The van der Waals surface area contributed by atoms with E-state index < -0.39 is 47.0 Å². The number of nitrogens with zero attached hydrogens (tertiary/aromatic N) is 6. The summed E-state index contributed by atoms with van der Waals surface area (Å²) >= 11 is 4.35. The Hall–Kier alpha value is -12.3. The van der Waals surface area contributed by atoms with Crippen molar-refractivity contribution >= 4 is 51.1 Å². The lowest BCUT2D eigenvalue weighted by atomic mass is 10.1. The van der Waals surface area contributed by atoms with Gasteiger partial charge in [-0.3, -0.25) is 14.7 Å². The van der Waals surface area contributed by atoms with Crippen LogP contribution in [0, 0.1) is 0 Å². The van der Waals surface area contributed by atoms with Crippen LogP contribution in [0.2, 0.25) is 0 Å². The normalized spacial score (nSPS) is 13.0. The Kier molecular flexibility index (Phi) is 27.5. The van der Waals surface area contributed by atoms with Crippen LogP contribution in [0.15, 0.2) is 230 Å². The molecule has 7 heterocycles. The molecule has 0 atom stereocenters. The molecule has 9 aromatic carbocycles. The van der Waals surface area contributed by atoms with Gasteiger partial charge in [0.05, 0.1) is 83.2 Å². The molecule has 33 heteroatoms. The third-order valence-electron chi connectivity index (χ3n) is 19.5. The Balaban J connectivity index is 0.000000150. The minimum atomic E-state index is -4.45. The van der Waals surface area contributed by atoms with Crippen molar-refractivity contribution in [3.8, 4) is 51.7 Å². The topological polar surface area (TPSA) is 168 Å². The van der Waals surface area contributed by atoms with Gasteiger partial charge in [-0.1, -0.05) is 117 Å². The van der Waals surface area contributed by atoms with E-state index >= 15 is 0 Å². The zero-order chi connectivity index (χ0) is 86.4. The van der Waals surface area contributed by atoms with Crippen LogP contribution in [0.5, 0.6) is 51.7 Å². The molecule has 4 aliphatic heterocycles. The van der Waals surface area contributed by atoms with E-state index in [1.165, 1.54) is 64.3 Å². The maximum absolute atomic E-state index is 13.4. The first-order valence-electron chi connectivity index (χ1n) is 38.1. The summed E-state index contributed by atoms with van der Waals surface area (Å²) in [4.78, 5) is 20.4. The highest BCUT2D eigenvalue weighted by Crippen LogP contribution is 2.40. The largest absolute Gasteiger partial charge is 0.497 e. The Morgan fingerprint density at radius 1 is 0.317 bits per heavy atom. The van der Waals surface area contributed by atoms with Gasteiger partial charge in [0.2, 0.25) is 27.2 Å². The van der Waals surface area contributed by atoms with Crippen LogP contribution in [0.1, 0.15) is 104 Å². The van der Waals surface area contributed by atoms with Gasteiger partial charge in [0.15, 0.2) is 46.0 Å². The number of ether oxygens (including phenoxy) is 9. The van der Waals surface area contributed by atoms with Crippen LogP contribution in [-0.4, -0.2) is 63.9 Å². The monoisotopic (exact) mass is 1750 g/mol. The average Bonchev–Trinajstić information content (AvgIpc) is 1.78. The van der Waals surface area contributed by atoms with Gasteiger partial charge >= 0.3 is 24.7 Å². The fourth-order valence-electron chi connectivity index (χ4n) is 13.4. The van der Waals surface area contributed by atoms with Crippen LogP contribution in [0.25, 0.3) is 17.1 Å². The summed E-state index contributed by atoms with van der Waals surface area (Å²) in [7, 11) is 1.64. The SMILES string of the molecule is C=C(NCc1ccc2c(c1)OCO2)c1csc(CN(Cc2cccc(C(F)(F)F)c2)Cc2ccc3c(c2)OCO3)n1.C=C(NCc1cccc(C(F)(F)F)c1)c1csc(CN(Cc2ccc(OC)cc2)Cc2ccc3c(c2)OCO3)n1.C=C(NCc1cccc(C(F)(F)F)c1)c1csc(CN(Cc2cccc(C(F)(F)F)c2)Cc2ccc3c(c2)OCO3)n1. The van der Waals surface area contributed by atoms with Gasteiger partial charge in [-0.15, -0.1) is 34.0 Å². The molecule has 16 rings (SSSR count). The Bertz CT molecular complexity index is 5700. The molecule has 3 aromatic heterocycles. The number of fused-ring (bicyclic) bond motifs is 4. The molecule has 0 spiro atoms. The van der Waals surface area contributed by atoms with Crippen LogP contribution in [-0.2, 0) is 103 Å². The standard InChI is InChI=1S/C30H25F6N3O2S.C30H26F3N3O4S.C30H28F3N3O3S/c1-19(37-13-20-4-2-6-23(10-20)29(31,32)33)25-17-42-28(38-25)16-39(14-21-5-3-7-24(11-21)30(34,35)36)15-22-8-9-26-27(12-22)41-18-40-26;1-19(34-12-20-5-7-25-27(10-20)39-17-37-25)24-16-41-29(35-24)15-36(13-21-3-2-4-23(9-21)30(31,32)33)14-22-6-8-26-28(11-22)40-18-38-26;1-20(34-14-22-4-3-5-24(12-22)30(31,32)33)26-18-40-29(35-26)17-36(15-21-6-9-25(37-2)10-7-21)16-23-8-11-27-28(13-23)39-19-38-27/h2-12,17,37H,1,13-16,18H2;2-11,16,34H,1,12-15,17-18H2;3-13,18,34H,1,14-17,19H2,2H3. The third kappa shape index (κ3) is 24.1. The molecular formula is C90H79F12N9O9S3. The number of nitrogens with one attached hydrogen (secondary N) is 3. The Morgan fingerprint density at radius 3 is 0.862 bits per heavy atom. The van der Waals surface area contributed by atoms with Crippen molar-refractivity contribution in [1.82, 2.24) is 45.6 Å². The van der Waals surface area contributed by atoms with Crippen LogP contribution in [0.3, 0.4) is 0 Å². The van der Waals surface area contributed by atoms with Crippen molar-refractivity contribution in [2.45, 2.75) is 103 Å². The average molecular weight is 1750 g/mol. The molecule has 4 aliphatic rings. The number of rotatable bonds is 31. The minimum absolute atomic E-state index is 0.125. The predicted molar refractivity (Wildman–Crippen MR) is 442 cm³/mol. The maximum Gasteiger partial charge on any atom is 0.416 e. The smallest absolute Gasteiger partial charge is 0.416 e. The van der Waals surface area contributed by atoms with E-state index in [1.54, 1.807) is 42.8 Å². The molecule has 0 saturated heterocycles. The van der Waals surface area contributed by atoms with Crippen molar-refractivity contribution in [3.63, 3.8) is 0 Å². The summed E-state index contributed by atoms with van der Waals surface area (Å²) in [6.07, 6.45) is -17.7. The van der Waals surface area contributed by atoms with Gasteiger partial charge in [0.1, 0.15) is 20.8 Å². The second-order valence-corrected chi connectivity index (χ2v) is 31.5. The molecular weight excluding hydrogens is 1680 g/mol. The van der Waals surface area contributed by atoms with Crippen molar-refractivity contribution in [1.29, 1.82) is 0 Å². The van der Waals surface area contributed by atoms with Gasteiger partial charge in [0, 0.05) is 75.0 Å². The number of hydrogen-bond donors (Lipinski definition) is 3. The number of methoxy groups -OCH3 is 1. The van der Waals surface area contributed by atoms with Crippen LogP contribution >= 0.6 is 34.0 Å². The van der Waals surface area contributed by atoms with E-state index in [1.807, 2.05) is 107 Å². The third-order valence-corrected chi connectivity index (χ3v) is 22.0. The highest BCUT2D eigenvalue weighted by molar-refractivity contribution is 7.10. The fraction of sp³-hybridized carbons (Fsp3) is 0.233. The van der Waals surface area contributed by atoms with Gasteiger partial charge in [-0.2, -0.15) is 52.7 Å². The highest BCUT2D eigenvalue weighted by atomic mass is 32.1. The van der Waals surface area contributed by atoms with Crippen molar-refractivity contribution < 1.29 is 95.3 Å². The van der Waals surface area contributed by atoms with E-state index in [-0.39, 0.29) is 46.8 Å². The van der Waals surface area contributed by atoms with Gasteiger partial charge in [-0.25, -0.2) is 15.0 Å². The summed E-state index contributed by atoms with van der Waals surface area (Å²) in [5, 5.41) is 17.4. The summed E-state index contributed by atoms with van der Waals surface area (Å²) in [5.41, 5.74) is 7.87.